The van der Waals surface area contributed by atoms with Gasteiger partial charge in [-0.15, -0.1) is 0 Å². The first-order valence-corrected chi connectivity index (χ1v) is 13.6. The minimum absolute atomic E-state index is 0.216. The SMILES string of the molecule is CC(C)(C)NC(=O)O[C@H](CO)Cc1ccc(OCCCO[Si](C)(C)C(C)(C)C)cc1. The van der Waals surface area contributed by atoms with Gasteiger partial charge in [-0.2, -0.15) is 0 Å². The van der Waals surface area contributed by atoms with Crippen LogP contribution < -0.4 is 10.1 Å². The molecule has 1 rings (SSSR count). The van der Waals surface area contributed by atoms with E-state index in [4.69, 9.17) is 13.9 Å². The third-order valence-electron chi connectivity index (χ3n) is 5.17. The summed E-state index contributed by atoms with van der Waals surface area (Å²) in [5.41, 5.74) is 0.581. The Labute approximate surface area is 183 Å². The Bertz CT molecular complexity index is 647. The molecular formula is C23H41NO5Si. The number of aliphatic hydroxyl groups is 1. The summed E-state index contributed by atoms with van der Waals surface area (Å²) in [6.07, 6.45) is 0.166. The summed E-state index contributed by atoms with van der Waals surface area (Å²) in [4.78, 5) is 11.9. The normalized spacial score (nSPS) is 13.6. The van der Waals surface area contributed by atoms with Gasteiger partial charge in [0.05, 0.1) is 13.2 Å². The lowest BCUT2D eigenvalue weighted by Crippen LogP contribution is -2.43. The summed E-state index contributed by atoms with van der Waals surface area (Å²) in [7, 11) is -1.70. The minimum Gasteiger partial charge on any atom is -0.494 e. The summed E-state index contributed by atoms with van der Waals surface area (Å²) in [5.74, 6) is 0.790. The highest BCUT2D eigenvalue weighted by atomic mass is 28.4. The van der Waals surface area contributed by atoms with Gasteiger partial charge in [0.1, 0.15) is 11.9 Å². The number of rotatable bonds is 10. The highest BCUT2D eigenvalue weighted by Gasteiger charge is 2.36. The molecule has 0 aliphatic rings. The van der Waals surface area contributed by atoms with Crippen molar-refractivity contribution < 1.29 is 23.8 Å². The molecule has 0 saturated carbocycles. The number of carbonyl (C=O) groups is 1. The van der Waals surface area contributed by atoms with Gasteiger partial charge < -0.3 is 24.3 Å². The van der Waals surface area contributed by atoms with Crippen LogP contribution in [0.25, 0.3) is 0 Å². The molecule has 0 spiro atoms. The maximum absolute atomic E-state index is 11.9. The van der Waals surface area contributed by atoms with Crippen LogP contribution >= 0.6 is 0 Å². The number of carbonyl (C=O) groups excluding carboxylic acids is 1. The molecule has 0 aliphatic carbocycles. The highest BCUT2D eigenvalue weighted by molar-refractivity contribution is 6.74. The Hall–Kier alpha value is -1.57. The van der Waals surface area contributed by atoms with Crippen molar-refractivity contribution in [3.63, 3.8) is 0 Å². The smallest absolute Gasteiger partial charge is 0.407 e. The van der Waals surface area contributed by atoms with Crippen LogP contribution in [0.2, 0.25) is 18.1 Å². The maximum Gasteiger partial charge on any atom is 0.407 e. The van der Waals surface area contributed by atoms with E-state index in [0.717, 1.165) is 17.7 Å². The molecule has 0 bridgehead atoms. The third kappa shape index (κ3) is 9.96. The van der Waals surface area contributed by atoms with E-state index in [0.29, 0.717) is 19.6 Å². The average molecular weight is 440 g/mol. The topological polar surface area (TPSA) is 77.0 Å². The lowest BCUT2D eigenvalue weighted by atomic mass is 10.1. The quantitative estimate of drug-likeness (QED) is 0.400. The number of nitrogens with one attached hydrogen (secondary N) is 1. The van der Waals surface area contributed by atoms with Crippen molar-refractivity contribution in [2.24, 2.45) is 0 Å². The number of alkyl carbamates (subject to hydrolysis) is 1. The van der Waals surface area contributed by atoms with Crippen molar-refractivity contribution >= 4 is 14.4 Å². The number of benzene rings is 1. The Morgan fingerprint density at radius 3 is 2.17 bits per heavy atom. The van der Waals surface area contributed by atoms with Gasteiger partial charge in [0, 0.05) is 25.0 Å². The van der Waals surface area contributed by atoms with Crippen LogP contribution in [0.5, 0.6) is 5.75 Å². The second-order valence-corrected chi connectivity index (χ2v) is 15.1. The molecule has 0 heterocycles. The van der Waals surface area contributed by atoms with Crippen molar-refractivity contribution in [1.82, 2.24) is 5.32 Å². The van der Waals surface area contributed by atoms with Gasteiger partial charge in [-0.1, -0.05) is 32.9 Å². The zero-order valence-electron chi connectivity index (χ0n) is 20.0. The van der Waals surface area contributed by atoms with Crippen LogP contribution in [-0.4, -0.2) is 51.0 Å². The summed E-state index contributed by atoms with van der Waals surface area (Å²) in [6, 6.07) is 7.64. The van der Waals surface area contributed by atoms with Crippen LogP contribution in [0.15, 0.2) is 24.3 Å². The fourth-order valence-corrected chi connectivity index (χ4v) is 3.50. The fraction of sp³-hybridized carbons (Fsp3) is 0.696. The van der Waals surface area contributed by atoms with Crippen molar-refractivity contribution in [3.05, 3.63) is 29.8 Å². The van der Waals surface area contributed by atoms with Crippen molar-refractivity contribution in [3.8, 4) is 5.75 Å². The molecule has 1 aromatic rings. The molecule has 0 aliphatic heterocycles. The molecule has 2 N–H and O–H groups in total. The number of ether oxygens (including phenoxy) is 2. The lowest BCUT2D eigenvalue weighted by Gasteiger charge is -2.36. The zero-order chi connectivity index (χ0) is 23.0. The third-order valence-corrected chi connectivity index (χ3v) is 9.71. The molecule has 30 heavy (non-hydrogen) atoms. The maximum atomic E-state index is 11.9. The van der Waals surface area contributed by atoms with E-state index >= 15 is 0 Å². The Morgan fingerprint density at radius 2 is 1.67 bits per heavy atom. The molecule has 0 saturated heterocycles. The van der Waals surface area contributed by atoms with E-state index in [-0.39, 0.29) is 17.2 Å². The number of aliphatic hydroxyl groups excluding tert-OH is 1. The molecule has 0 unspecified atom stereocenters. The molecule has 7 heteroatoms. The molecule has 0 radical (unpaired) electrons. The molecule has 1 amide bonds. The molecule has 1 aromatic carbocycles. The van der Waals surface area contributed by atoms with Gasteiger partial charge in [-0.3, -0.25) is 0 Å². The first kappa shape index (κ1) is 26.5. The van der Waals surface area contributed by atoms with Crippen molar-refractivity contribution in [2.75, 3.05) is 19.8 Å². The summed E-state index contributed by atoms with van der Waals surface area (Å²) >= 11 is 0. The molecule has 172 valence electrons. The van der Waals surface area contributed by atoms with E-state index in [1.54, 1.807) is 0 Å². The van der Waals surface area contributed by atoms with Crippen molar-refractivity contribution in [1.29, 1.82) is 0 Å². The zero-order valence-corrected chi connectivity index (χ0v) is 21.0. The first-order chi connectivity index (χ1) is 13.7. The van der Waals surface area contributed by atoms with Crippen molar-refractivity contribution in [2.45, 2.75) is 84.2 Å². The standard InChI is InChI=1S/C23H41NO5Si/c1-22(2,3)24-21(26)29-20(17-25)16-18-10-12-19(13-11-18)27-14-9-15-28-30(7,8)23(4,5)6/h10-13,20,25H,9,14-17H2,1-8H3,(H,24,26)/t20-/m0/s1. The molecule has 1 atom stereocenters. The average Bonchev–Trinajstić information content (AvgIpc) is 2.59. The monoisotopic (exact) mass is 439 g/mol. The predicted octanol–water partition coefficient (Wildman–Crippen LogP) is 4.91. The van der Waals surface area contributed by atoms with Gasteiger partial charge >= 0.3 is 6.09 Å². The number of hydrogen-bond donors (Lipinski definition) is 2. The van der Waals surface area contributed by atoms with Gasteiger partial charge in [0.25, 0.3) is 0 Å². The lowest BCUT2D eigenvalue weighted by molar-refractivity contribution is 0.0538. The van der Waals surface area contributed by atoms with E-state index in [2.05, 4.69) is 39.2 Å². The van der Waals surface area contributed by atoms with E-state index in [1.165, 1.54) is 0 Å². The largest absolute Gasteiger partial charge is 0.494 e. The number of amides is 1. The fourth-order valence-electron chi connectivity index (χ4n) is 2.41. The Balaban J connectivity index is 2.41. The van der Waals surface area contributed by atoms with E-state index in [9.17, 15) is 9.90 Å². The molecule has 6 nitrogen and oxygen atoms in total. The molecule has 0 aromatic heterocycles. The minimum atomic E-state index is -1.70. The van der Waals surface area contributed by atoms with Gasteiger partial charge in [0.2, 0.25) is 0 Å². The Kier molecular flexibility index (Phi) is 9.84. The summed E-state index contributed by atoms with van der Waals surface area (Å²) in [5, 5.41) is 12.5. The van der Waals surface area contributed by atoms with Crippen LogP contribution in [0.3, 0.4) is 0 Å². The first-order valence-electron chi connectivity index (χ1n) is 10.7. The summed E-state index contributed by atoms with van der Waals surface area (Å²) < 4.78 is 17.3. The molecular weight excluding hydrogens is 398 g/mol. The number of hydrogen-bond acceptors (Lipinski definition) is 5. The second-order valence-electron chi connectivity index (χ2n) is 10.2. The predicted molar refractivity (Wildman–Crippen MR) is 124 cm³/mol. The van der Waals surface area contributed by atoms with Gasteiger partial charge in [-0.25, -0.2) is 4.79 Å². The van der Waals surface area contributed by atoms with Crippen LogP contribution in [0.1, 0.15) is 53.5 Å². The van der Waals surface area contributed by atoms with Crippen LogP contribution in [0.4, 0.5) is 4.79 Å². The highest BCUT2D eigenvalue weighted by Crippen LogP contribution is 2.36. The van der Waals surface area contributed by atoms with Crippen LogP contribution in [-0.2, 0) is 15.6 Å². The second kappa shape index (κ2) is 11.2. The van der Waals surface area contributed by atoms with E-state index < -0.39 is 20.5 Å². The molecule has 0 fully saturated rings. The Morgan fingerprint density at radius 1 is 1.07 bits per heavy atom. The summed E-state index contributed by atoms with van der Waals surface area (Å²) in [6.45, 7) is 17.9. The van der Waals surface area contributed by atoms with E-state index in [1.807, 2.05) is 45.0 Å². The van der Waals surface area contributed by atoms with Gasteiger partial charge in [0.15, 0.2) is 8.32 Å². The van der Waals surface area contributed by atoms with Gasteiger partial charge in [-0.05, 0) is 56.6 Å². The van der Waals surface area contributed by atoms with Crippen LogP contribution in [0, 0.1) is 0 Å².